The molecule has 1 atom stereocenters. The molecule has 2 rings (SSSR count). The van der Waals surface area contributed by atoms with Gasteiger partial charge < -0.3 is 9.88 Å². The van der Waals surface area contributed by atoms with Crippen LogP contribution in [0, 0.1) is 6.92 Å². The number of nitrogens with zero attached hydrogens (tertiary/aromatic N) is 3. The second-order valence-corrected chi connectivity index (χ2v) is 4.51. The highest BCUT2D eigenvalue weighted by atomic mass is 16.2. The molecule has 19 heavy (non-hydrogen) atoms. The lowest BCUT2D eigenvalue weighted by atomic mass is 10.1. The van der Waals surface area contributed by atoms with Gasteiger partial charge >= 0.3 is 0 Å². The number of aryl methyl sites for hydroxylation is 2. The number of carbonyl (C=O) groups is 1. The molecule has 0 saturated heterocycles. The van der Waals surface area contributed by atoms with Crippen LogP contribution in [0.3, 0.4) is 0 Å². The Morgan fingerprint density at radius 3 is 2.84 bits per heavy atom. The predicted molar refractivity (Wildman–Crippen MR) is 72.7 cm³/mol. The molecule has 2 heterocycles. The largest absolute Gasteiger partial charge is 0.344 e. The summed E-state index contributed by atoms with van der Waals surface area (Å²) in [7, 11) is 1.82. The number of hydrogen-bond acceptors (Lipinski definition) is 3. The normalized spacial score (nSPS) is 12.2. The molecule has 0 spiro atoms. The molecule has 1 unspecified atom stereocenters. The third-order valence-corrected chi connectivity index (χ3v) is 3.14. The third kappa shape index (κ3) is 2.81. The van der Waals surface area contributed by atoms with Gasteiger partial charge in [0.1, 0.15) is 5.69 Å². The average molecular weight is 258 g/mol. The van der Waals surface area contributed by atoms with Gasteiger partial charge in [-0.05, 0) is 25.0 Å². The fourth-order valence-corrected chi connectivity index (χ4v) is 2.10. The number of imidazole rings is 1. The van der Waals surface area contributed by atoms with Crippen LogP contribution in [-0.2, 0) is 7.05 Å². The molecule has 0 radical (unpaired) electrons. The fourth-order valence-electron chi connectivity index (χ4n) is 2.10. The van der Waals surface area contributed by atoms with E-state index >= 15 is 0 Å². The van der Waals surface area contributed by atoms with Crippen molar-refractivity contribution in [2.24, 2.45) is 7.05 Å². The summed E-state index contributed by atoms with van der Waals surface area (Å²) >= 11 is 0. The number of pyridine rings is 1. The lowest BCUT2D eigenvalue weighted by Crippen LogP contribution is -2.30. The highest BCUT2D eigenvalue weighted by Crippen LogP contribution is 2.16. The first-order chi connectivity index (χ1) is 9.13. The Balaban J connectivity index is 2.18. The van der Waals surface area contributed by atoms with Crippen LogP contribution in [0.25, 0.3) is 0 Å². The van der Waals surface area contributed by atoms with E-state index in [4.69, 9.17) is 0 Å². The second kappa shape index (κ2) is 5.65. The van der Waals surface area contributed by atoms with Gasteiger partial charge in [0.05, 0.1) is 18.1 Å². The Morgan fingerprint density at radius 2 is 2.32 bits per heavy atom. The zero-order valence-electron chi connectivity index (χ0n) is 11.4. The van der Waals surface area contributed by atoms with Crippen molar-refractivity contribution in [1.82, 2.24) is 19.9 Å². The monoisotopic (exact) mass is 258 g/mol. The van der Waals surface area contributed by atoms with Gasteiger partial charge in [-0.2, -0.15) is 0 Å². The van der Waals surface area contributed by atoms with Crippen LogP contribution in [0.4, 0.5) is 0 Å². The van der Waals surface area contributed by atoms with Gasteiger partial charge in [0, 0.05) is 19.4 Å². The van der Waals surface area contributed by atoms with E-state index in [2.05, 4.69) is 15.3 Å². The highest BCUT2D eigenvalue weighted by molar-refractivity contribution is 5.93. The minimum absolute atomic E-state index is 0.0319. The van der Waals surface area contributed by atoms with E-state index in [9.17, 15) is 4.79 Å². The molecule has 5 nitrogen and oxygen atoms in total. The molecular formula is C14H18N4O. The molecule has 5 heteroatoms. The van der Waals surface area contributed by atoms with Crippen molar-refractivity contribution in [3.05, 3.63) is 47.8 Å². The number of rotatable bonds is 4. The van der Waals surface area contributed by atoms with Crippen LogP contribution < -0.4 is 5.32 Å². The van der Waals surface area contributed by atoms with Crippen molar-refractivity contribution in [3.63, 3.8) is 0 Å². The van der Waals surface area contributed by atoms with Gasteiger partial charge in [-0.3, -0.25) is 9.78 Å². The fraction of sp³-hybridized carbons (Fsp3) is 0.357. The lowest BCUT2D eigenvalue weighted by Gasteiger charge is -2.17. The standard InChI is InChI=1S/C14H18N4O/c1-4-12(11-6-5-7-15-8-11)17-14(19)13-10(2)16-9-18(13)3/h5-9,12H,4H2,1-3H3,(H,17,19). The smallest absolute Gasteiger partial charge is 0.270 e. The number of amides is 1. The Kier molecular flexibility index (Phi) is 3.94. The summed E-state index contributed by atoms with van der Waals surface area (Å²) in [5.41, 5.74) is 2.35. The van der Waals surface area contributed by atoms with Gasteiger partial charge in [0.25, 0.3) is 5.91 Å². The molecule has 2 aromatic heterocycles. The van der Waals surface area contributed by atoms with Crippen molar-refractivity contribution >= 4 is 5.91 Å². The molecule has 1 N–H and O–H groups in total. The second-order valence-electron chi connectivity index (χ2n) is 4.51. The highest BCUT2D eigenvalue weighted by Gasteiger charge is 2.18. The van der Waals surface area contributed by atoms with E-state index in [1.54, 1.807) is 23.3 Å². The first-order valence-electron chi connectivity index (χ1n) is 6.32. The zero-order valence-corrected chi connectivity index (χ0v) is 11.4. The summed E-state index contributed by atoms with van der Waals surface area (Å²) in [5, 5.41) is 3.03. The van der Waals surface area contributed by atoms with Crippen LogP contribution >= 0.6 is 0 Å². The van der Waals surface area contributed by atoms with E-state index < -0.39 is 0 Å². The maximum Gasteiger partial charge on any atom is 0.270 e. The van der Waals surface area contributed by atoms with Crippen LogP contribution in [-0.4, -0.2) is 20.4 Å². The Labute approximate surface area is 112 Å². The molecular weight excluding hydrogens is 240 g/mol. The van der Waals surface area contributed by atoms with Gasteiger partial charge in [-0.25, -0.2) is 4.98 Å². The summed E-state index contributed by atoms with van der Waals surface area (Å²) in [5.74, 6) is -0.104. The summed E-state index contributed by atoms with van der Waals surface area (Å²) in [6.07, 6.45) is 5.97. The van der Waals surface area contributed by atoms with Gasteiger partial charge in [0.15, 0.2) is 0 Å². The molecule has 0 saturated carbocycles. The van der Waals surface area contributed by atoms with E-state index in [1.807, 2.05) is 33.0 Å². The average Bonchev–Trinajstić information content (AvgIpc) is 2.76. The first kappa shape index (κ1) is 13.3. The van der Waals surface area contributed by atoms with Gasteiger partial charge in [0.2, 0.25) is 0 Å². The summed E-state index contributed by atoms with van der Waals surface area (Å²) in [6, 6.07) is 3.81. The molecule has 0 fully saturated rings. The number of hydrogen-bond donors (Lipinski definition) is 1. The van der Waals surface area contributed by atoms with Crippen molar-refractivity contribution in [2.75, 3.05) is 0 Å². The number of aromatic nitrogens is 3. The quantitative estimate of drug-likeness (QED) is 0.912. The molecule has 0 aliphatic heterocycles. The molecule has 0 bridgehead atoms. The lowest BCUT2D eigenvalue weighted by molar-refractivity contribution is 0.0926. The van der Waals surface area contributed by atoms with Crippen LogP contribution in [0.15, 0.2) is 30.9 Å². The van der Waals surface area contributed by atoms with E-state index in [0.29, 0.717) is 5.69 Å². The first-order valence-corrected chi connectivity index (χ1v) is 6.32. The van der Waals surface area contributed by atoms with E-state index in [0.717, 1.165) is 17.7 Å². The molecule has 1 amide bonds. The number of nitrogens with one attached hydrogen (secondary N) is 1. The molecule has 0 aliphatic rings. The predicted octanol–water partition coefficient (Wildman–Crippen LogP) is 2.00. The van der Waals surface area contributed by atoms with Crippen molar-refractivity contribution in [1.29, 1.82) is 0 Å². The Hall–Kier alpha value is -2.17. The molecule has 0 aromatic carbocycles. The number of carbonyl (C=O) groups excluding carboxylic acids is 1. The SMILES string of the molecule is CCC(NC(=O)c1c(C)ncn1C)c1cccnc1. The summed E-state index contributed by atoms with van der Waals surface area (Å²) in [6.45, 7) is 3.87. The Bertz CT molecular complexity index is 543. The van der Waals surface area contributed by atoms with E-state index in [1.165, 1.54) is 0 Å². The van der Waals surface area contributed by atoms with Crippen molar-refractivity contribution in [3.8, 4) is 0 Å². The third-order valence-electron chi connectivity index (χ3n) is 3.14. The molecule has 2 aromatic rings. The van der Waals surface area contributed by atoms with Crippen LogP contribution in [0.2, 0.25) is 0 Å². The summed E-state index contributed by atoms with van der Waals surface area (Å²) < 4.78 is 1.74. The van der Waals surface area contributed by atoms with Crippen molar-refractivity contribution < 1.29 is 4.79 Å². The van der Waals surface area contributed by atoms with E-state index in [-0.39, 0.29) is 11.9 Å². The zero-order chi connectivity index (χ0) is 13.8. The molecule has 0 aliphatic carbocycles. The van der Waals surface area contributed by atoms with Crippen LogP contribution in [0.1, 0.15) is 41.1 Å². The maximum atomic E-state index is 12.3. The maximum absolute atomic E-state index is 12.3. The van der Waals surface area contributed by atoms with Gasteiger partial charge in [-0.1, -0.05) is 13.0 Å². The van der Waals surface area contributed by atoms with Crippen molar-refractivity contribution in [2.45, 2.75) is 26.3 Å². The minimum Gasteiger partial charge on any atom is -0.344 e. The van der Waals surface area contributed by atoms with Gasteiger partial charge in [-0.15, -0.1) is 0 Å². The van der Waals surface area contributed by atoms with Crippen LogP contribution in [0.5, 0.6) is 0 Å². The molecule has 100 valence electrons. The Morgan fingerprint density at radius 1 is 1.53 bits per heavy atom. The summed E-state index contributed by atoms with van der Waals surface area (Å²) in [4.78, 5) is 20.5. The minimum atomic E-state index is -0.104. The topological polar surface area (TPSA) is 59.8 Å².